The Labute approximate surface area is 125 Å². The summed E-state index contributed by atoms with van der Waals surface area (Å²) < 4.78 is 5.59. The highest BCUT2D eigenvalue weighted by Crippen LogP contribution is 2.08. The van der Waals surface area contributed by atoms with Gasteiger partial charge in [0.2, 0.25) is 5.91 Å². The SMILES string of the molecule is CN(CCOc1ccccc1)C(=O)CCc1cccnc1. The van der Waals surface area contributed by atoms with Gasteiger partial charge in [-0.2, -0.15) is 0 Å². The Kier molecular flexibility index (Phi) is 5.76. The standard InChI is InChI=1S/C17H20N2O2/c1-19(12-13-21-16-7-3-2-4-8-16)17(20)10-9-15-6-5-11-18-14-15/h2-8,11,14H,9-10,12-13H2,1H3. The van der Waals surface area contributed by atoms with E-state index in [1.807, 2.05) is 42.5 Å². The van der Waals surface area contributed by atoms with Crippen molar-refractivity contribution in [2.45, 2.75) is 12.8 Å². The molecule has 0 N–H and O–H groups in total. The van der Waals surface area contributed by atoms with Crippen LogP contribution in [-0.4, -0.2) is 36.0 Å². The van der Waals surface area contributed by atoms with Crippen LogP contribution in [0.3, 0.4) is 0 Å². The van der Waals surface area contributed by atoms with Crippen LogP contribution in [0.1, 0.15) is 12.0 Å². The molecule has 1 heterocycles. The number of carbonyl (C=O) groups excluding carboxylic acids is 1. The van der Waals surface area contributed by atoms with Crippen molar-refractivity contribution in [3.63, 3.8) is 0 Å². The van der Waals surface area contributed by atoms with E-state index in [0.29, 0.717) is 19.6 Å². The van der Waals surface area contributed by atoms with Crippen LogP contribution in [0.25, 0.3) is 0 Å². The highest BCUT2D eigenvalue weighted by molar-refractivity contribution is 5.76. The molecule has 0 radical (unpaired) electrons. The topological polar surface area (TPSA) is 42.4 Å². The van der Waals surface area contributed by atoms with Gasteiger partial charge in [-0.15, -0.1) is 0 Å². The van der Waals surface area contributed by atoms with Gasteiger partial charge in [0.15, 0.2) is 0 Å². The molecule has 2 rings (SSSR count). The lowest BCUT2D eigenvalue weighted by Gasteiger charge is -2.17. The predicted octanol–water partition coefficient (Wildman–Crippen LogP) is 2.55. The van der Waals surface area contributed by atoms with Gasteiger partial charge in [-0.25, -0.2) is 0 Å². The van der Waals surface area contributed by atoms with Crippen molar-refractivity contribution in [1.29, 1.82) is 0 Å². The third kappa shape index (κ3) is 5.26. The summed E-state index contributed by atoms with van der Waals surface area (Å²) in [6, 6.07) is 13.5. The number of likely N-dealkylation sites (N-methyl/N-ethyl adjacent to an activating group) is 1. The van der Waals surface area contributed by atoms with Gasteiger partial charge < -0.3 is 9.64 Å². The van der Waals surface area contributed by atoms with Gasteiger partial charge in [0.05, 0.1) is 6.54 Å². The molecular formula is C17H20N2O2. The molecule has 4 nitrogen and oxygen atoms in total. The number of nitrogens with zero attached hydrogens (tertiary/aromatic N) is 2. The van der Waals surface area contributed by atoms with Crippen LogP contribution >= 0.6 is 0 Å². The van der Waals surface area contributed by atoms with Crippen molar-refractivity contribution >= 4 is 5.91 Å². The Morgan fingerprint density at radius 3 is 2.71 bits per heavy atom. The average Bonchev–Trinajstić information content (AvgIpc) is 2.54. The zero-order valence-corrected chi connectivity index (χ0v) is 12.2. The summed E-state index contributed by atoms with van der Waals surface area (Å²) in [7, 11) is 1.81. The van der Waals surface area contributed by atoms with E-state index in [1.165, 1.54) is 0 Å². The maximum Gasteiger partial charge on any atom is 0.222 e. The van der Waals surface area contributed by atoms with E-state index in [-0.39, 0.29) is 5.91 Å². The number of carbonyl (C=O) groups is 1. The van der Waals surface area contributed by atoms with E-state index in [4.69, 9.17) is 4.74 Å². The smallest absolute Gasteiger partial charge is 0.222 e. The van der Waals surface area contributed by atoms with Crippen molar-refractivity contribution in [2.75, 3.05) is 20.2 Å². The second-order valence-electron chi connectivity index (χ2n) is 4.84. The Balaban J connectivity index is 1.68. The third-order valence-electron chi connectivity index (χ3n) is 3.21. The van der Waals surface area contributed by atoms with Gasteiger partial charge in [0.25, 0.3) is 0 Å². The molecule has 0 unspecified atom stereocenters. The number of hydrogen-bond donors (Lipinski definition) is 0. The van der Waals surface area contributed by atoms with Crippen LogP contribution in [0, 0.1) is 0 Å². The Hall–Kier alpha value is -2.36. The average molecular weight is 284 g/mol. The predicted molar refractivity (Wildman–Crippen MR) is 82.1 cm³/mol. The van der Waals surface area contributed by atoms with Crippen molar-refractivity contribution in [3.8, 4) is 5.75 Å². The molecule has 0 atom stereocenters. The molecule has 1 aromatic carbocycles. The maximum atomic E-state index is 12.0. The molecule has 4 heteroatoms. The van der Waals surface area contributed by atoms with E-state index < -0.39 is 0 Å². The number of aryl methyl sites for hydroxylation is 1. The first kappa shape index (κ1) is 15.0. The van der Waals surface area contributed by atoms with Gasteiger partial charge in [0.1, 0.15) is 12.4 Å². The van der Waals surface area contributed by atoms with E-state index in [1.54, 1.807) is 24.3 Å². The number of aromatic nitrogens is 1. The molecule has 1 aromatic heterocycles. The number of hydrogen-bond acceptors (Lipinski definition) is 3. The van der Waals surface area contributed by atoms with E-state index in [2.05, 4.69) is 4.98 Å². The molecule has 1 amide bonds. The molecule has 0 fully saturated rings. The maximum absolute atomic E-state index is 12.0. The minimum absolute atomic E-state index is 0.121. The highest BCUT2D eigenvalue weighted by atomic mass is 16.5. The molecule has 110 valence electrons. The van der Waals surface area contributed by atoms with Gasteiger partial charge in [-0.05, 0) is 30.2 Å². The zero-order valence-electron chi connectivity index (χ0n) is 12.2. The summed E-state index contributed by atoms with van der Waals surface area (Å²) in [5, 5.41) is 0. The minimum Gasteiger partial charge on any atom is -0.492 e. The van der Waals surface area contributed by atoms with Gasteiger partial charge >= 0.3 is 0 Å². The van der Waals surface area contributed by atoms with Crippen LogP contribution in [0.2, 0.25) is 0 Å². The van der Waals surface area contributed by atoms with Crippen molar-refractivity contribution in [1.82, 2.24) is 9.88 Å². The summed E-state index contributed by atoms with van der Waals surface area (Å²) in [5.41, 5.74) is 1.08. The quantitative estimate of drug-likeness (QED) is 0.784. The Morgan fingerprint density at radius 1 is 1.19 bits per heavy atom. The molecule has 0 spiro atoms. The second kappa shape index (κ2) is 8.04. The summed E-state index contributed by atoms with van der Waals surface area (Å²) in [6.45, 7) is 1.08. The van der Waals surface area contributed by atoms with Gasteiger partial charge in [-0.1, -0.05) is 24.3 Å². The molecule has 2 aromatic rings. The molecule has 0 saturated heterocycles. The lowest BCUT2D eigenvalue weighted by atomic mass is 10.1. The number of benzene rings is 1. The molecule has 0 aliphatic carbocycles. The molecule has 0 aliphatic rings. The second-order valence-corrected chi connectivity index (χ2v) is 4.84. The first-order chi connectivity index (χ1) is 10.3. The number of rotatable bonds is 7. The van der Waals surface area contributed by atoms with Crippen LogP contribution in [0.5, 0.6) is 5.75 Å². The largest absolute Gasteiger partial charge is 0.492 e. The van der Waals surface area contributed by atoms with E-state index >= 15 is 0 Å². The summed E-state index contributed by atoms with van der Waals surface area (Å²) >= 11 is 0. The number of amides is 1. The molecular weight excluding hydrogens is 264 g/mol. The third-order valence-corrected chi connectivity index (χ3v) is 3.21. The van der Waals surface area contributed by atoms with E-state index in [0.717, 1.165) is 17.7 Å². The van der Waals surface area contributed by atoms with E-state index in [9.17, 15) is 4.79 Å². The zero-order chi connectivity index (χ0) is 14.9. The Morgan fingerprint density at radius 2 is 2.00 bits per heavy atom. The lowest BCUT2D eigenvalue weighted by Crippen LogP contribution is -2.31. The number of ether oxygens (including phenoxy) is 1. The van der Waals surface area contributed by atoms with Crippen molar-refractivity contribution < 1.29 is 9.53 Å². The fraction of sp³-hybridized carbons (Fsp3) is 0.294. The number of pyridine rings is 1. The molecule has 21 heavy (non-hydrogen) atoms. The molecule has 0 aliphatic heterocycles. The normalized spacial score (nSPS) is 10.1. The first-order valence-electron chi connectivity index (χ1n) is 7.06. The highest BCUT2D eigenvalue weighted by Gasteiger charge is 2.08. The van der Waals surface area contributed by atoms with Gasteiger partial charge in [-0.3, -0.25) is 9.78 Å². The fourth-order valence-corrected chi connectivity index (χ4v) is 1.93. The Bertz CT molecular complexity index is 543. The molecule has 0 bridgehead atoms. The first-order valence-corrected chi connectivity index (χ1v) is 7.06. The summed E-state index contributed by atoms with van der Waals surface area (Å²) in [4.78, 5) is 17.8. The molecule has 0 saturated carbocycles. The minimum atomic E-state index is 0.121. The fourth-order valence-electron chi connectivity index (χ4n) is 1.93. The summed E-state index contributed by atoms with van der Waals surface area (Å²) in [5.74, 6) is 0.948. The van der Waals surface area contributed by atoms with Crippen LogP contribution < -0.4 is 4.74 Å². The van der Waals surface area contributed by atoms with Crippen LogP contribution in [0.4, 0.5) is 0 Å². The summed E-state index contributed by atoms with van der Waals surface area (Å²) in [6.07, 6.45) is 4.74. The van der Waals surface area contributed by atoms with Gasteiger partial charge in [0, 0.05) is 25.9 Å². The lowest BCUT2D eigenvalue weighted by molar-refractivity contribution is -0.130. The van der Waals surface area contributed by atoms with Crippen LogP contribution in [-0.2, 0) is 11.2 Å². The van der Waals surface area contributed by atoms with Crippen LogP contribution in [0.15, 0.2) is 54.9 Å². The monoisotopic (exact) mass is 284 g/mol. The van der Waals surface area contributed by atoms with Crippen molar-refractivity contribution in [2.24, 2.45) is 0 Å². The van der Waals surface area contributed by atoms with Crippen molar-refractivity contribution in [3.05, 3.63) is 60.4 Å². The number of para-hydroxylation sites is 1.